The van der Waals surface area contributed by atoms with E-state index in [1.165, 1.54) is 0 Å². The first-order valence-electron chi connectivity index (χ1n) is 12.9. The second-order valence-corrected chi connectivity index (χ2v) is 8.89. The molecule has 0 saturated carbocycles. The van der Waals surface area contributed by atoms with Gasteiger partial charge in [-0.2, -0.15) is 0 Å². The van der Waals surface area contributed by atoms with Gasteiger partial charge in [0, 0.05) is 11.1 Å². The Balaban J connectivity index is 1.77. The molecule has 0 spiro atoms. The quantitative estimate of drug-likeness (QED) is 0.126. The lowest BCUT2D eigenvalue weighted by Gasteiger charge is -2.23. The van der Waals surface area contributed by atoms with Crippen LogP contribution in [-0.2, 0) is 19.1 Å². The highest BCUT2D eigenvalue weighted by atomic mass is 16.5. The molecule has 0 unspecified atom stereocenters. The molecule has 1 atom stereocenters. The first kappa shape index (κ1) is 27.3. The van der Waals surface area contributed by atoms with Gasteiger partial charge in [0.05, 0.1) is 18.7 Å². The molecule has 4 aromatic carbocycles. The van der Waals surface area contributed by atoms with Crippen molar-refractivity contribution in [1.82, 2.24) is 0 Å². The number of rotatable bonds is 11. The van der Waals surface area contributed by atoms with Crippen LogP contribution in [-0.4, -0.2) is 30.3 Å². The van der Waals surface area contributed by atoms with E-state index < -0.39 is 24.1 Å². The minimum absolute atomic E-state index is 0.157. The number of aliphatic imine (C=N–C) groups is 1. The molecule has 4 aromatic rings. The molecule has 0 N–H and O–H groups in total. The van der Waals surface area contributed by atoms with Crippen molar-refractivity contribution in [2.24, 2.45) is 4.99 Å². The zero-order chi connectivity index (χ0) is 27.5. The van der Waals surface area contributed by atoms with E-state index in [9.17, 15) is 9.59 Å². The maximum absolute atomic E-state index is 13.9. The van der Waals surface area contributed by atoms with Crippen molar-refractivity contribution in [3.8, 4) is 0 Å². The molecule has 0 radical (unpaired) electrons. The molecule has 0 aliphatic heterocycles. The van der Waals surface area contributed by atoms with Gasteiger partial charge in [-0.05, 0) is 23.6 Å². The molecule has 0 heterocycles. The van der Waals surface area contributed by atoms with Gasteiger partial charge in [0.25, 0.3) is 0 Å². The van der Waals surface area contributed by atoms with Crippen molar-refractivity contribution >= 4 is 17.7 Å². The molecule has 0 aliphatic rings. The van der Waals surface area contributed by atoms with Gasteiger partial charge >= 0.3 is 11.9 Å². The summed E-state index contributed by atoms with van der Waals surface area (Å²) >= 11 is 0. The largest absolute Gasteiger partial charge is 0.466 e. The van der Waals surface area contributed by atoms with E-state index in [0.717, 1.165) is 22.3 Å². The molecule has 196 valence electrons. The van der Waals surface area contributed by atoms with Crippen molar-refractivity contribution in [2.75, 3.05) is 6.61 Å². The monoisotopic (exact) mass is 517 g/mol. The van der Waals surface area contributed by atoms with Crippen LogP contribution in [0.15, 0.2) is 138 Å². The Kier molecular flexibility index (Phi) is 9.57. The second-order valence-electron chi connectivity index (χ2n) is 8.89. The topological polar surface area (TPSA) is 65.0 Å². The van der Waals surface area contributed by atoms with Crippen LogP contribution in [0.2, 0.25) is 0 Å². The van der Waals surface area contributed by atoms with Crippen LogP contribution >= 0.6 is 0 Å². The Morgan fingerprint density at radius 3 is 1.59 bits per heavy atom. The summed E-state index contributed by atoms with van der Waals surface area (Å²) in [5.74, 6) is -1.08. The maximum Gasteiger partial charge on any atom is 0.336 e. The van der Waals surface area contributed by atoms with Crippen LogP contribution in [0, 0.1) is 0 Å². The van der Waals surface area contributed by atoms with Gasteiger partial charge in [0.15, 0.2) is 12.1 Å². The van der Waals surface area contributed by atoms with Crippen LogP contribution in [0.1, 0.15) is 41.7 Å². The number of carbonyl (C=O) groups is 2. The van der Waals surface area contributed by atoms with Gasteiger partial charge in [-0.15, -0.1) is 0 Å². The van der Waals surface area contributed by atoms with E-state index in [-0.39, 0.29) is 13.0 Å². The zero-order valence-corrected chi connectivity index (χ0v) is 21.9. The van der Waals surface area contributed by atoms with Crippen LogP contribution in [0.25, 0.3) is 0 Å². The lowest BCUT2D eigenvalue weighted by molar-refractivity contribution is -0.148. The van der Waals surface area contributed by atoms with Gasteiger partial charge in [-0.1, -0.05) is 128 Å². The van der Waals surface area contributed by atoms with Crippen molar-refractivity contribution in [3.05, 3.63) is 156 Å². The van der Waals surface area contributed by atoms with Crippen molar-refractivity contribution in [1.29, 1.82) is 0 Å². The number of esters is 2. The van der Waals surface area contributed by atoms with E-state index in [1.54, 1.807) is 6.92 Å². The number of hydrogen-bond acceptors (Lipinski definition) is 5. The SMILES string of the molecule is C=C(CC(=O)OCC)[C@@H](N=C(c1ccccc1)c1ccccc1)C(=O)OC(c1ccccc1)c1ccccc1. The van der Waals surface area contributed by atoms with Gasteiger partial charge in [-0.25, -0.2) is 4.79 Å². The molecule has 4 rings (SSSR count). The molecular weight excluding hydrogens is 486 g/mol. The Hall–Kier alpha value is -4.77. The highest BCUT2D eigenvalue weighted by Crippen LogP contribution is 2.28. The van der Waals surface area contributed by atoms with Gasteiger partial charge in [-0.3, -0.25) is 9.79 Å². The fraction of sp³-hybridized carbons (Fsp3) is 0.147. The summed E-state index contributed by atoms with van der Waals surface area (Å²) in [6.07, 6.45) is -0.820. The minimum Gasteiger partial charge on any atom is -0.466 e. The Bertz CT molecular complexity index is 1320. The lowest BCUT2D eigenvalue weighted by Crippen LogP contribution is -2.28. The fourth-order valence-corrected chi connectivity index (χ4v) is 4.21. The molecule has 0 bridgehead atoms. The molecule has 0 aromatic heterocycles. The summed E-state index contributed by atoms with van der Waals surface area (Å²) in [5.41, 5.74) is 4.19. The normalized spacial score (nSPS) is 11.3. The zero-order valence-electron chi connectivity index (χ0n) is 21.9. The van der Waals surface area contributed by atoms with E-state index in [2.05, 4.69) is 6.58 Å². The summed E-state index contributed by atoms with van der Waals surface area (Å²) in [6.45, 7) is 6.05. The molecule has 0 saturated heterocycles. The predicted octanol–water partition coefficient (Wildman–Crippen LogP) is 6.73. The third-order valence-corrected chi connectivity index (χ3v) is 6.08. The highest BCUT2D eigenvalue weighted by molar-refractivity contribution is 6.13. The average molecular weight is 518 g/mol. The minimum atomic E-state index is -1.14. The van der Waals surface area contributed by atoms with Crippen LogP contribution < -0.4 is 0 Å². The highest BCUT2D eigenvalue weighted by Gasteiger charge is 2.29. The summed E-state index contributed by atoms with van der Waals surface area (Å²) in [7, 11) is 0. The van der Waals surface area contributed by atoms with Crippen LogP contribution in [0.5, 0.6) is 0 Å². The van der Waals surface area contributed by atoms with Crippen molar-refractivity contribution in [3.63, 3.8) is 0 Å². The van der Waals surface area contributed by atoms with E-state index in [1.807, 2.05) is 121 Å². The van der Waals surface area contributed by atoms with Crippen LogP contribution in [0.4, 0.5) is 0 Å². The fourth-order valence-electron chi connectivity index (χ4n) is 4.21. The third-order valence-electron chi connectivity index (χ3n) is 6.08. The Labute approximate surface area is 229 Å². The van der Waals surface area contributed by atoms with Gasteiger partial charge in [0.1, 0.15) is 0 Å². The lowest BCUT2D eigenvalue weighted by atomic mass is 9.99. The summed E-state index contributed by atoms with van der Waals surface area (Å²) in [5, 5.41) is 0. The summed E-state index contributed by atoms with van der Waals surface area (Å²) < 4.78 is 11.3. The first-order chi connectivity index (χ1) is 19.1. The second kappa shape index (κ2) is 13.7. The van der Waals surface area contributed by atoms with E-state index in [0.29, 0.717) is 11.3 Å². The molecule has 0 aliphatic carbocycles. The molecule has 5 nitrogen and oxygen atoms in total. The summed E-state index contributed by atoms with van der Waals surface area (Å²) in [4.78, 5) is 31.2. The van der Waals surface area contributed by atoms with Crippen molar-refractivity contribution < 1.29 is 19.1 Å². The first-order valence-corrected chi connectivity index (χ1v) is 12.9. The molecule has 0 amide bonds. The van der Waals surface area contributed by atoms with Crippen molar-refractivity contribution in [2.45, 2.75) is 25.5 Å². The summed E-state index contributed by atoms with van der Waals surface area (Å²) in [6, 6.07) is 37.1. The predicted molar refractivity (Wildman–Crippen MR) is 154 cm³/mol. The van der Waals surface area contributed by atoms with Crippen LogP contribution in [0.3, 0.4) is 0 Å². The molecule has 39 heavy (non-hydrogen) atoms. The molecule has 0 fully saturated rings. The standard InChI is InChI=1S/C34H31NO4/c1-3-38-30(36)24-25(2)31(35-32(26-16-8-4-9-17-26)27-18-10-5-11-19-27)34(37)39-33(28-20-12-6-13-21-28)29-22-14-7-15-23-29/h4-23,31,33H,2-3,24H2,1H3/t31-/m1/s1. The average Bonchev–Trinajstić information content (AvgIpc) is 2.98. The van der Waals surface area contributed by atoms with Gasteiger partial charge in [0.2, 0.25) is 0 Å². The Morgan fingerprint density at radius 1 is 0.718 bits per heavy atom. The molecular formula is C34H31NO4. The van der Waals surface area contributed by atoms with E-state index >= 15 is 0 Å². The number of carbonyl (C=O) groups excluding carboxylic acids is 2. The van der Waals surface area contributed by atoms with Gasteiger partial charge < -0.3 is 9.47 Å². The number of nitrogens with zero attached hydrogens (tertiary/aromatic N) is 1. The maximum atomic E-state index is 13.9. The molecule has 5 heteroatoms. The third kappa shape index (κ3) is 7.39. The number of benzene rings is 4. The number of hydrogen-bond donors (Lipinski definition) is 0. The Morgan fingerprint density at radius 2 is 1.15 bits per heavy atom. The smallest absolute Gasteiger partial charge is 0.336 e. The van der Waals surface area contributed by atoms with E-state index in [4.69, 9.17) is 14.5 Å². The number of ether oxygens (including phenoxy) is 2.